The first-order valence-corrected chi connectivity index (χ1v) is 11.1. The molecule has 4 heteroatoms. The van der Waals surface area contributed by atoms with E-state index in [9.17, 15) is 5.11 Å². The molecule has 0 saturated carbocycles. The zero-order valence-corrected chi connectivity index (χ0v) is 17.6. The smallest absolute Gasteiger partial charge is 0.163 e. The molecule has 1 rings (SSSR count). The lowest BCUT2D eigenvalue weighted by molar-refractivity contribution is -0.165. The molecule has 156 valence electrons. The monoisotopic (exact) mass is 372 g/mol. The molecule has 2 unspecified atom stereocenters. The molecule has 1 aliphatic heterocycles. The molecular weight excluding hydrogens is 328 g/mol. The van der Waals surface area contributed by atoms with Crippen LogP contribution in [-0.4, -0.2) is 36.5 Å². The van der Waals surface area contributed by atoms with E-state index in [1.165, 1.54) is 77.0 Å². The molecule has 0 aliphatic carbocycles. The fourth-order valence-electron chi connectivity index (χ4n) is 3.48. The Hall–Kier alpha value is -0.160. The van der Waals surface area contributed by atoms with Crippen LogP contribution in [0.2, 0.25) is 0 Å². The minimum atomic E-state index is -0.671. The highest BCUT2D eigenvalue weighted by atomic mass is 16.8. The maximum Gasteiger partial charge on any atom is 0.163 e. The summed E-state index contributed by atoms with van der Waals surface area (Å²) in [4.78, 5) is 0. The Morgan fingerprint density at radius 3 is 1.85 bits per heavy atom. The van der Waals surface area contributed by atoms with E-state index in [0.717, 1.165) is 6.42 Å². The lowest BCUT2D eigenvalue weighted by Gasteiger charge is -2.18. The summed E-state index contributed by atoms with van der Waals surface area (Å²) in [5.41, 5.74) is 0. The summed E-state index contributed by atoms with van der Waals surface area (Å²) in [5.74, 6) is -0.520. The van der Waals surface area contributed by atoms with Gasteiger partial charge < -0.3 is 19.3 Å². The van der Waals surface area contributed by atoms with Gasteiger partial charge in [-0.15, -0.1) is 0 Å². The van der Waals surface area contributed by atoms with Crippen LogP contribution in [0.1, 0.15) is 111 Å². The van der Waals surface area contributed by atoms with E-state index in [-0.39, 0.29) is 6.10 Å². The van der Waals surface area contributed by atoms with Crippen LogP contribution in [0.4, 0.5) is 0 Å². The molecule has 1 saturated heterocycles. The third-order valence-electron chi connectivity index (χ3n) is 5.10. The SMILES string of the molecule is CCCCCCCCCCCCCCCC(O)OCC1COC(C)(C)O1. The Labute approximate surface area is 162 Å². The van der Waals surface area contributed by atoms with Crippen LogP contribution in [0.3, 0.4) is 0 Å². The zero-order valence-electron chi connectivity index (χ0n) is 17.6. The van der Waals surface area contributed by atoms with Crippen molar-refractivity contribution in [2.75, 3.05) is 13.2 Å². The molecule has 0 aromatic rings. The maximum atomic E-state index is 9.90. The Kier molecular flexibility index (Phi) is 13.6. The van der Waals surface area contributed by atoms with Gasteiger partial charge >= 0.3 is 0 Å². The number of aliphatic hydroxyl groups is 1. The van der Waals surface area contributed by atoms with Gasteiger partial charge in [0.2, 0.25) is 0 Å². The van der Waals surface area contributed by atoms with Crippen LogP contribution in [0, 0.1) is 0 Å². The molecule has 0 aromatic carbocycles. The van der Waals surface area contributed by atoms with Crippen molar-refractivity contribution in [3.8, 4) is 0 Å². The number of hydrogen-bond donors (Lipinski definition) is 1. The summed E-state index contributed by atoms with van der Waals surface area (Å²) in [7, 11) is 0. The molecule has 2 atom stereocenters. The Morgan fingerprint density at radius 1 is 0.885 bits per heavy atom. The van der Waals surface area contributed by atoms with Crippen LogP contribution < -0.4 is 0 Å². The standard InChI is InChI=1S/C22H44O4/c1-4-5-6-7-8-9-10-11-12-13-14-15-16-17-21(23)24-18-20-19-25-22(2,3)26-20/h20-21,23H,4-19H2,1-3H3. The van der Waals surface area contributed by atoms with Crippen molar-refractivity contribution in [3.63, 3.8) is 0 Å². The summed E-state index contributed by atoms with van der Waals surface area (Å²) in [6, 6.07) is 0. The fraction of sp³-hybridized carbons (Fsp3) is 1.00. The zero-order chi connectivity index (χ0) is 19.1. The summed E-state index contributed by atoms with van der Waals surface area (Å²) < 4.78 is 16.6. The molecule has 0 bridgehead atoms. The van der Waals surface area contributed by atoms with Gasteiger partial charge in [-0.25, -0.2) is 0 Å². The second-order valence-electron chi connectivity index (χ2n) is 8.27. The average molecular weight is 373 g/mol. The van der Waals surface area contributed by atoms with Gasteiger partial charge in [0.1, 0.15) is 6.10 Å². The maximum absolute atomic E-state index is 9.90. The molecule has 0 aromatic heterocycles. The van der Waals surface area contributed by atoms with E-state index < -0.39 is 12.1 Å². The van der Waals surface area contributed by atoms with Gasteiger partial charge in [-0.3, -0.25) is 0 Å². The van der Waals surface area contributed by atoms with Gasteiger partial charge in [0.15, 0.2) is 12.1 Å². The van der Waals surface area contributed by atoms with Gasteiger partial charge in [-0.1, -0.05) is 84.0 Å². The van der Waals surface area contributed by atoms with Crippen molar-refractivity contribution in [2.45, 2.75) is 129 Å². The number of rotatable bonds is 17. The average Bonchev–Trinajstić information content (AvgIpc) is 2.96. The highest BCUT2D eigenvalue weighted by molar-refractivity contribution is 4.70. The number of ether oxygens (including phenoxy) is 3. The van der Waals surface area contributed by atoms with E-state index in [4.69, 9.17) is 14.2 Å². The highest BCUT2D eigenvalue weighted by Crippen LogP contribution is 2.22. The van der Waals surface area contributed by atoms with Gasteiger partial charge in [0.25, 0.3) is 0 Å². The predicted molar refractivity (Wildman–Crippen MR) is 107 cm³/mol. The summed E-state index contributed by atoms with van der Waals surface area (Å²) >= 11 is 0. The van der Waals surface area contributed by atoms with Crippen molar-refractivity contribution in [1.82, 2.24) is 0 Å². The molecule has 1 N–H and O–H groups in total. The number of unbranched alkanes of at least 4 members (excludes halogenated alkanes) is 12. The van der Waals surface area contributed by atoms with Crippen molar-refractivity contribution in [1.29, 1.82) is 0 Å². The largest absolute Gasteiger partial charge is 0.368 e. The first-order chi connectivity index (χ1) is 12.5. The fourth-order valence-corrected chi connectivity index (χ4v) is 3.48. The number of hydrogen-bond acceptors (Lipinski definition) is 4. The number of aliphatic hydroxyl groups excluding tert-OH is 1. The molecule has 26 heavy (non-hydrogen) atoms. The van der Waals surface area contributed by atoms with Crippen LogP contribution in [0.25, 0.3) is 0 Å². The minimum Gasteiger partial charge on any atom is -0.368 e. The van der Waals surface area contributed by atoms with E-state index in [2.05, 4.69) is 6.92 Å². The topological polar surface area (TPSA) is 47.9 Å². The van der Waals surface area contributed by atoms with Gasteiger partial charge in [0, 0.05) is 0 Å². The Bertz CT molecular complexity index is 319. The van der Waals surface area contributed by atoms with Gasteiger partial charge in [-0.2, -0.15) is 0 Å². The molecule has 0 amide bonds. The summed E-state index contributed by atoms with van der Waals surface area (Å²) in [5, 5.41) is 9.90. The minimum absolute atomic E-state index is 0.0636. The van der Waals surface area contributed by atoms with Crippen molar-refractivity contribution in [2.24, 2.45) is 0 Å². The quantitative estimate of drug-likeness (QED) is 0.253. The summed E-state index contributed by atoms with van der Waals surface area (Å²) in [6.45, 7) is 7.02. The molecule has 1 heterocycles. The van der Waals surface area contributed by atoms with Gasteiger partial charge in [-0.05, 0) is 26.7 Å². The first kappa shape index (κ1) is 23.9. The van der Waals surface area contributed by atoms with E-state index >= 15 is 0 Å². The molecule has 0 radical (unpaired) electrons. The first-order valence-electron chi connectivity index (χ1n) is 11.1. The lowest BCUT2D eigenvalue weighted by Crippen LogP contribution is -2.26. The molecule has 0 spiro atoms. The van der Waals surface area contributed by atoms with Crippen LogP contribution in [0.15, 0.2) is 0 Å². The van der Waals surface area contributed by atoms with Crippen molar-refractivity contribution >= 4 is 0 Å². The van der Waals surface area contributed by atoms with Crippen LogP contribution in [-0.2, 0) is 14.2 Å². The predicted octanol–water partition coefficient (Wildman–Crippen LogP) is 5.95. The third kappa shape index (κ3) is 13.1. The third-order valence-corrected chi connectivity index (χ3v) is 5.10. The Morgan fingerprint density at radius 2 is 1.38 bits per heavy atom. The Balaban J connectivity index is 1.78. The van der Waals surface area contributed by atoms with E-state index in [1.807, 2.05) is 13.8 Å². The second kappa shape index (κ2) is 14.8. The van der Waals surface area contributed by atoms with E-state index in [0.29, 0.717) is 19.6 Å². The highest BCUT2D eigenvalue weighted by Gasteiger charge is 2.32. The van der Waals surface area contributed by atoms with Crippen molar-refractivity contribution in [3.05, 3.63) is 0 Å². The van der Waals surface area contributed by atoms with Crippen LogP contribution >= 0.6 is 0 Å². The van der Waals surface area contributed by atoms with Gasteiger partial charge in [0.05, 0.1) is 13.2 Å². The molecule has 1 fully saturated rings. The normalized spacial score (nSPS) is 20.5. The lowest BCUT2D eigenvalue weighted by atomic mass is 10.0. The van der Waals surface area contributed by atoms with Crippen molar-refractivity contribution < 1.29 is 19.3 Å². The van der Waals surface area contributed by atoms with E-state index in [1.54, 1.807) is 0 Å². The molecule has 1 aliphatic rings. The van der Waals surface area contributed by atoms with Crippen LogP contribution in [0.5, 0.6) is 0 Å². The molecule has 4 nitrogen and oxygen atoms in total. The summed E-state index contributed by atoms with van der Waals surface area (Å²) in [6.07, 6.45) is 17.4. The second-order valence-corrected chi connectivity index (χ2v) is 8.27. The molecular formula is C22H44O4.